The molecule has 0 fully saturated rings. The van der Waals surface area contributed by atoms with Gasteiger partial charge in [0.25, 0.3) is 11.8 Å². The maximum Gasteiger partial charge on any atom is 0.262 e. The molecule has 22 heavy (non-hydrogen) atoms. The van der Waals surface area contributed by atoms with Crippen molar-refractivity contribution >= 4 is 35.1 Å². The van der Waals surface area contributed by atoms with Gasteiger partial charge in [0.15, 0.2) is 5.82 Å². The van der Waals surface area contributed by atoms with E-state index in [9.17, 15) is 14.4 Å². The summed E-state index contributed by atoms with van der Waals surface area (Å²) in [7, 11) is 0. The zero-order valence-electron chi connectivity index (χ0n) is 11.4. The number of fused-ring (bicyclic) bond motifs is 1. The van der Waals surface area contributed by atoms with E-state index >= 15 is 0 Å². The molecule has 2 heterocycles. The van der Waals surface area contributed by atoms with Crippen molar-refractivity contribution in [2.45, 2.75) is 6.92 Å². The summed E-state index contributed by atoms with van der Waals surface area (Å²) in [6, 6.07) is 5.93. The van der Waals surface area contributed by atoms with E-state index in [4.69, 9.17) is 16.1 Å². The summed E-state index contributed by atoms with van der Waals surface area (Å²) in [5, 5.41) is 6.41. The summed E-state index contributed by atoms with van der Waals surface area (Å²) in [6.45, 7) is 1.27. The van der Waals surface area contributed by atoms with E-state index in [1.165, 1.54) is 24.3 Å². The lowest BCUT2D eigenvalue weighted by Crippen LogP contribution is -2.37. The van der Waals surface area contributed by atoms with Crippen molar-refractivity contribution in [3.8, 4) is 0 Å². The zero-order valence-corrected chi connectivity index (χ0v) is 12.2. The minimum atomic E-state index is -0.547. The van der Waals surface area contributed by atoms with Crippen molar-refractivity contribution in [1.82, 2.24) is 10.1 Å². The summed E-state index contributed by atoms with van der Waals surface area (Å²) in [5.41, 5.74) is 0.432. The van der Waals surface area contributed by atoms with Crippen LogP contribution in [0.3, 0.4) is 0 Å². The predicted octanol–water partition coefficient (Wildman–Crippen LogP) is 1.87. The Kier molecular flexibility index (Phi) is 3.42. The number of halogens is 1. The molecule has 2 aromatic rings. The standard InChI is InChI=1S/C14H10ClN3O4/c1-7-4-11(17-22-7)16-12(19)6-18-13(20)9-3-2-8(15)5-10(9)14(18)21/h2-5H,6H2,1H3,(H,16,17,19). The molecule has 0 unspecified atom stereocenters. The number of carbonyl (C=O) groups is 3. The number of hydrogen-bond donors (Lipinski definition) is 1. The smallest absolute Gasteiger partial charge is 0.262 e. The third kappa shape index (κ3) is 2.46. The summed E-state index contributed by atoms with van der Waals surface area (Å²) in [6.07, 6.45) is 0. The maximum atomic E-state index is 12.2. The first-order valence-corrected chi connectivity index (χ1v) is 6.72. The van der Waals surface area contributed by atoms with Crippen LogP contribution >= 0.6 is 11.6 Å². The highest BCUT2D eigenvalue weighted by molar-refractivity contribution is 6.32. The van der Waals surface area contributed by atoms with Gasteiger partial charge in [-0.05, 0) is 25.1 Å². The highest BCUT2D eigenvalue weighted by Gasteiger charge is 2.36. The zero-order chi connectivity index (χ0) is 15.9. The number of imide groups is 1. The Balaban J connectivity index is 1.75. The van der Waals surface area contributed by atoms with E-state index in [-0.39, 0.29) is 16.9 Å². The predicted molar refractivity (Wildman–Crippen MR) is 76.7 cm³/mol. The molecule has 0 saturated carbocycles. The monoisotopic (exact) mass is 319 g/mol. The molecule has 3 amide bonds. The van der Waals surface area contributed by atoms with Gasteiger partial charge in [0.2, 0.25) is 5.91 Å². The van der Waals surface area contributed by atoms with E-state index in [2.05, 4.69) is 10.5 Å². The Bertz CT molecular complexity index is 799. The largest absolute Gasteiger partial charge is 0.360 e. The molecule has 7 nitrogen and oxygen atoms in total. The number of aryl methyl sites for hydroxylation is 1. The van der Waals surface area contributed by atoms with Crippen LogP contribution in [0.5, 0.6) is 0 Å². The molecule has 8 heteroatoms. The second-order valence-corrected chi connectivity index (χ2v) is 5.19. The number of anilines is 1. The van der Waals surface area contributed by atoms with Crippen LogP contribution in [-0.2, 0) is 4.79 Å². The van der Waals surface area contributed by atoms with Gasteiger partial charge in [0.1, 0.15) is 12.3 Å². The maximum absolute atomic E-state index is 12.2. The van der Waals surface area contributed by atoms with Crippen LogP contribution in [0, 0.1) is 6.92 Å². The van der Waals surface area contributed by atoms with Gasteiger partial charge in [-0.2, -0.15) is 0 Å². The number of nitrogens with one attached hydrogen (secondary N) is 1. The van der Waals surface area contributed by atoms with Crippen molar-refractivity contribution in [1.29, 1.82) is 0 Å². The Labute approximate surface area is 129 Å². The van der Waals surface area contributed by atoms with Gasteiger partial charge in [-0.3, -0.25) is 19.3 Å². The van der Waals surface area contributed by atoms with Crippen LogP contribution in [0.15, 0.2) is 28.8 Å². The fourth-order valence-corrected chi connectivity index (χ4v) is 2.33. The first kappa shape index (κ1) is 14.3. The van der Waals surface area contributed by atoms with Crippen LogP contribution in [0.4, 0.5) is 5.82 Å². The third-order valence-corrected chi connectivity index (χ3v) is 3.37. The van der Waals surface area contributed by atoms with Crippen LogP contribution in [0.25, 0.3) is 0 Å². The van der Waals surface area contributed by atoms with Gasteiger partial charge in [0, 0.05) is 11.1 Å². The molecule has 1 aromatic heterocycles. The van der Waals surface area contributed by atoms with Crippen molar-refractivity contribution in [3.63, 3.8) is 0 Å². The van der Waals surface area contributed by atoms with Gasteiger partial charge in [-0.25, -0.2) is 0 Å². The normalized spacial score (nSPS) is 13.5. The summed E-state index contributed by atoms with van der Waals surface area (Å²) in [4.78, 5) is 37.1. The molecule has 0 saturated heterocycles. The first-order valence-electron chi connectivity index (χ1n) is 6.34. The number of nitrogens with zero attached hydrogens (tertiary/aromatic N) is 2. The summed E-state index contributed by atoms with van der Waals surface area (Å²) < 4.78 is 4.81. The van der Waals surface area contributed by atoms with Crippen molar-refractivity contribution < 1.29 is 18.9 Å². The minimum Gasteiger partial charge on any atom is -0.360 e. The highest BCUT2D eigenvalue weighted by atomic mass is 35.5. The molecule has 3 rings (SSSR count). The van der Waals surface area contributed by atoms with Crippen LogP contribution in [0.1, 0.15) is 26.5 Å². The van der Waals surface area contributed by atoms with Crippen LogP contribution < -0.4 is 5.32 Å². The van der Waals surface area contributed by atoms with Crippen molar-refractivity contribution in [3.05, 3.63) is 46.2 Å². The number of aromatic nitrogens is 1. The SMILES string of the molecule is Cc1cc(NC(=O)CN2C(=O)c3ccc(Cl)cc3C2=O)no1. The van der Waals surface area contributed by atoms with E-state index in [0.717, 1.165) is 4.90 Å². The topological polar surface area (TPSA) is 92.5 Å². The van der Waals surface area contributed by atoms with E-state index in [0.29, 0.717) is 10.8 Å². The molecule has 1 aliphatic rings. The molecule has 0 spiro atoms. The van der Waals surface area contributed by atoms with E-state index in [1.54, 1.807) is 6.92 Å². The average molecular weight is 320 g/mol. The van der Waals surface area contributed by atoms with E-state index in [1.807, 2.05) is 0 Å². The van der Waals surface area contributed by atoms with Gasteiger partial charge >= 0.3 is 0 Å². The Morgan fingerprint density at radius 1 is 1.27 bits per heavy atom. The second kappa shape index (κ2) is 5.27. The summed E-state index contributed by atoms with van der Waals surface area (Å²) in [5.74, 6) is -0.862. The molecule has 1 aromatic carbocycles. The molecule has 0 atom stereocenters. The number of amides is 3. The fourth-order valence-electron chi connectivity index (χ4n) is 2.16. The van der Waals surface area contributed by atoms with Gasteiger partial charge in [-0.15, -0.1) is 0 Å². The summed E-state index contributed by atoms with van der Waals surface area (Å²) >= 11 is 5.82. The number of benzene rings is 1. The first-order chi connectivity index (χ1) is 10.5. The molecular weight excluding hydrogens is 310 g/mol. The van der Waals surface area contributed by atoms with Crippen molar-refractivity contribution in [2.75, 3.05) is 11.9 Å². The number of rotatable bonds is 3. The molecule has 0 aliphatic carbocycles. The highest BCUT2D eigenvalue weighted by Crippen LogP contribution is 2.25. The molecule has 0 radical (unpaired) electrons. The van der Waals surface area contributed by atoms with E-state index < -0.39 is 24.3 Å². The number of carbonyl (C=O) groups excluding carboxylic acids is 3. The number of hydrogen-bond acceptors (Lipinski definition) is 5. The Hall–Kier alpha value is -2.67. The quantitative estimate of drug-likeness (QED) is 0.872. The Morgan fingerprint density at radius 2 is 2.00 bits per heavy atom. The Morgan fingerprint density at radius 3 is 2.68 bits per heavy atom. The van der Waals surface area contributed by atoms with Crippen LogP contribution in [-0.4, -0.2) is 34.3 Å². The van der Waals surface area contributed by atoms with Gasteiger partial charge in [0.05, 0.1) is 11.1 Å². The lowest BCUT2D eigenvalue weighted by Gasteiger charge is -2.12. The second-order valence-electron chi connectivity index (χ2n) is 4.76. The van der Waals surface area contributed by atoms with Gasteiger partial charge < -0.3 is 9.84 Å². The van der Waals surface area contributed by atoms with Crippen LogP contribution in [0.2, 0.25) is 5.02 Å². The molecule has 1 aliphatic heterocycles. The molecule has 112 valence electrons. The fraction of sp³-hybridized carbons (Fsp3) is 0.143. The lowest BCUT2D eigenvalue weighted by molar-refractivity contribution is -0.116. The molecule has 1 N–H and O–H groups in total. The minimum absolute atomic E-state index is 0.197. The van der Waals surface area contributed by atoms with Crippen molar-refractivity contribution in [2.24, 2.45) is 0 Å². The molecule has 0 bridgehead atoms. The lowest BCUT2D eigenvalue weighted by atomic mass is 10.1. The van der Waals surface area contributed by atoms with Gasteiger partial charge in [-0.1, -0.05) is 16.8 Å². The molecular formula is C14H10ClN3O4. The average Bonchev–Trinajstić information content (AvgIpc) is 2.96. The third-order valence-electron chi connectivity index (χ3n) is 3.13.